The Labute approximate surface area is 104 Å². The van der Waals surface area contributed by atoms with Gasteiger partial charge in [-0.1, -0.05) is 30.8 Å². The molecule has 0 atom stereocenters. The first-order valence-corrected chi connectivity index (χ1v) is 6.43. The summed E-state index contributed by atoms with van der Waals surface area (Å²) in [5.74, 6) is 0.831. The van der Waals surface area contributed by atoms with Crippen molar-refractivity contribution in [1.29, 1.82) is 0 Å². The maximum Gasteiger partial charge on any atom is 0.0885 e. The lowest BCUT2D eigenvalue weighted by Crippen LogP contribution is -2.16. The summed E-state index contributed by atoms with van der Waals surface area (Å²) in [7, 11) is 0. The van der Waals surface area contributed by atoms with Gasteiger partial charge in [0, 0.05) is 6.54 Å². The van der Waals surface area contributed by atoms with Crippen LogP contribution < -0.4 is 5.32 Å². The maximum atomic E-state index is 5.08. The third kappa shape index (κ3) is 3.90. The summed E-state index contributed by atoms with van der Waals surface area (Å²) in [5.41, 5.74) is 3.00. The molecule has 1 aromatic carbocycles. The summed E-state index contributed by atoms with van der Waals surface area (Å²) in [6.07, 6.45) is 5.26. The molecule has 1 aromatic rings. The van der Waals surface area contributed by atoms with Gasteiger partial charge in [-0.2, -0.15) is 0 Å². The number of nitrogens with one attached hydrogen (secondary N) is 1. The molecule has 0 aromatic heterocycles. The van der Waals surface area contributed by atoms with Crippen LogP contribution in [0.2, 0.25) is 0 Å². The molecular formula is C15H21NO. The molecule has 2 nitrogen and oxygen atoms in total. The molecule has 0 radical (unpaired) electrons. The molecule has 92 valence electrons. The monoisotopic (exact) mass is 231 g/mol. The fraction of sp³-hybridized carbons (Fsp3) is 0.467. The zero-order valence-electron chi connectivity index (χ0n) is 10.3. The fourth-order valence-electron chi connectivity index (χ4n) is 2.07. The number of hydrogen-bond acceptors (Lipinski definition) is 2. The van der Waals surface area contributed by atoms with Crippen molar-refractivity contribution in [2.24, 2.45) is 0 Å². The van der Waals surface area contributed by atoms with Crippen molar-refractivity contribution < 1.29 is 4.74 Å². The second-order valence-corrected chi connectivity index (χ2v) is 4.54. The Morgan fingerprint density at radius 2 is 2.18 bits per heavy atom. The van der Waals surface area contributed by atoms with Crippen LogP contribution in [0.25, 0.3) is 0 Å². The Kier molecular flexibility index (Phi) is 4.63. The third-order valence-corrected chi connectivity index (χ3v) is 3.12. The van der Waals surface area contributed by atoms with Crippen LogP contribution in [0.1, 0.15) is 36.3 Å². The highest BCUT2D eigenvalue weighted by Crippen LogP contribution is 2.41. The molecule has 1 saturated carbocycles. The zero-order chi connectivity index (χ0) is 11.9. The normalized spacial score (nSPS) is 14.6. The zero-order valence-corrected chi connectivity index (χ0v) is 10.3. The minimum absolute atomic E-state index is 0.751. The molecule has 0 bridgehead atoms. The molecule has 0 spiro atoms. The summed E-state index contributed by atoms with van der Waals surface area (Å²) in [6, 6.07) is 8.79. The van der Waals surface area contributed by atoms with Gasteiger partial charge in [0.1, 0.15) is 0 Å². The van der Waals surface area contributed by atoms with Crippen molar-refractivity contribution in [3.63, 3.8) is 0 Å². The number of benzene rings is 1. The molecule has 0 saturated heterocycles. The molecule has 0 aliphatic heterocycles. The molecule has 0 heterocycles. The number of hydrogen-bond donors (Lipinski definition) is 1. The summed E-state index contributed by atoms with van der Waals surface area (Å²) >= 11 is 0. The van der Waals surface area contributed by atoms with E-state index in [1.807, 2.05) is 0 Å². The van der Waals surface area contributed by atoms with Crippen LogP contribution in [0.15, 0.2) is 37.1 Å². The van der Waals surface area contributed by atoms with Gasteiger partial charge >= 0.3 is 0 Å². The Balaban J connectivity index is 1.73. The molecule has 1 aliphatic rings. The van der Waals surface area contributed by atoms with Gasteiger partial charge in [0.15, 0.2) is 0 Å². The quantitative estimate of drug-likeness (QED) is 0.548. The third-order valence-electron chi connectivity index (χ3n) is 3.12. The average Bonchev–Trinajstić information content (AvgIpc) is 3.18. The molecule has 1 aliphatic carbocycles. The topological polar surface area (TPSA) is 21.3 Å². The largest absolute Gasteiger partial charge is 0.502 e. The Morgan fingerprint density at radius 3 is 2.94 bits per heavy atom. The van der Waals surface area contributed by atoms with Gasteiger partial charge in [-0.25, -0.2) is 0 Å². The molecule has 1 fully saturated rings. The van der Waals surface area contributed by atoms with E-state index in [1.54, 1.807) is 5.56 Å². The first kappa shape index (κ1) is 12.2. The van der Waals surface area contributed by atoms with E-state index in [0.29, 0.717) is 0 Å². The van der Waals surface area contributed by atoms with Gasteiger partial charge < -0.3 is 10.1 Å². The fourth-order valence-corrected chi connectivity index (χ4v) is 2.07. The molecule has 17 heavy (non-hydrogen) atoms. The maximum absolute atomic E-state index is 5.08. The highest BCUT2D eigenvalue weighted by Gasteiger charge is 2.25. The predicted octanol–water partition coefficient (Wildman–Crippen LogP) is 3.20. The van der Waals surface area contributed by atoms with Crippen LogP contribution >= 0.6 is 0 Å². The summed E-state index contributed by atoms with van der Waals surface area (Å²) in [6.45, 7) is 6.24. The molecule has 2 heteroatoms. The lowest BCUT2D eigenvalue weighted by Gasteiger charge is -2.09. The van der Waals surface area contributed by atoms with Gasteiger partial charge in [0.05, 0.1) is 12.9 Å². The summed E-state index contributed by atoms with van der Waals surface area (Å²) in [4.78, 5) is 0. The summed E-state index contributed by atoms with van der Waals surface area (Å²) < 4.78 is 5.08. The van der Waals surface area contributed by atoms with E-state index in [-0.39, 0.29) is 0 Å². The summed E-state index contributed by atoms with van der Waals surface area (Å²) in [5, 5.41) is 3.47. The predicted molar refractivity (Wildman–Crippen MR) is 70.9 cm³/mol. The standard InChI is InChI=1S/C15H21NO/c1-2-17-11-5-10-16-12-14-6-3-4-7-15(14)13-8-9-13/h2-4,6-7,13,16H,1,5,8-12H2. The molecule has 1 N–H and O–H groups in total. The average molecular weight is 231 g/mol. The molecule has 0 unspecified atom stereocenters. The van der Waals surface area contributed by atoms with E-state index in [4.69, 9.17) is 4.74 Å². The van der Waals surface area contributed by atoms with E-state index in [1.165, 1.54) is 24.7 Å². The minimum atomic E-state index is 0.751. The van der Waals surface area contributed by atoms with Crippen molar-refractivity contribution in [2.75, 3.05) is 13.2 Å². The van der Waals surface area contributed by atoms with E-state index < -0.39 is 0 Å². The van der Waals surface area contributed by atoms with E-state index in [0.717, 1.165) is 32.0 Å². The lowest BCUT2D eigenvalue weighted by molar-refractivity contribution is 0.244. The van der Waals surface area contributed by atoms with Crippen LogP contribution in [0.4, 0.5) is 0 Å². The van der Waals surface area contributed by atoms with E-state index in [9.17, 15) is 0 Å². The first-order chi connectivity index (χ1) is 8.42. The van der Waals surface area contributed by atoms with Crippen molar-refractivity contribution in [1.82, 2.24) is 5.32 Å². The highest BCUT2D eigenvalue weighted by atomic mass is 16.5. The Hall–Kier alpha value is -1.28. The van der Waals surface area contributed by atoms with Crippen molar-refractivity contribution in [3.8, 4) is 0 Å². The first-order valence-electron chi connectivity index (χ1n) is 6.43. The van der Waals surface area contributed by atoms with Crippen LogP contribution in [0.5, 0.6) is 0 Å². The van der Waals surface area contributed by atoms with Crippen LogP contribution in [-0.2, 0) is 11.3 Å². The molecule has 2 rings (SSSR count). The lowest BCUT2D eigenvalue weighted by atomic mass is 10.0. The van der Waals surface area contributed by atoms with Gasteiger partial charge in [0.25, 0.3) is 0 Å². The Morgan fingerprint density at radius 1 is 1.35 bits per heavy atom. The second-order valence-electron chi connectivity index (χ2n) is 4.54. The molecular weight excluding hydrogens is 210 g/mol. The van der Waals surface area contributed by atoms with Gasteiger partial charge in [-0.15, -0.1) is 0 Å². The van der Waals surface area contributed by atoms with E-state index >= 15 is 0 Å². The number of ether oxygens (including phenoxy) is 1. The molecule has 0 amide bonds. The highest BCUT2D eigenvalue weighted by molar-refractivity contribution is 5.33. The Bertz CT molecular complexity index is 358. The van der Waals surface area contributed by atoms with Gasteiger partial charge in [-0.05, 0) is 42.9 Å². The number of rotatable bonds is 8. The SMILES string of the molecule is C=COCCCNCc1ccccc1C1CC1. The minimum Gasteiger partial charge on any atom is -0.502 e. The van der Waals surface area contributed by atoms with Crippen LogP contribution in [0, 0.1) is 0 Å². The van der Waals surface area contributed by atoms with Crippen molar-refractivity contribution in [3.05, 3.63) is 48.2 Å². The smallest absolute Gasteiger partial charge is 0.0885 e. The second kappa shape index (κ2) is 6.45. The van der Waals surface area contributed by atoms with Crippen molar-refractivity contribution >= 4 is 0 Å². The van der Waals surface area contributed by atoms with E-state index in [2.05, 4.69) is 36.2 Å². The van der Waals surface area contributed by atoms with Gasteiger partial charge in [0.2, 0.25) is 0 Å². The van der Waals surface area contributed by atoms with Crippen molar-refractivity contribution in [2.45, 2.75) is 31.7 Å². The van der Waals surface area contributed by atoms with Gasteiger partial charge in [-0.3, -0.25) is 0 Å². The van der Waals surface area contributed by atoms with Crippen LogP contribution in [0.3, 0.4) is 0 Å². The van der Waals surface area contributed by atoms with Crippen LogP contribution in [-0.4, -0.2) is 13.2 Å².